The van der Waals surface area contributed by atoms with E-state index in [1.165, 1.54) is 10.8 Å². The van der Waals surface area contributed by atoms with Crippen LogP contribution < -0.4 is 0 Å². The lowest BCUT2D eigenvalue weighted by molar-refractivity contribution is -0.125. The predicted molar refractivity (Wildman–Crippen MR) is 87.4 cm³/mol. The summed E-state index contributed by atoms with van der Waals surface area (Å²) in [5, 5.41) is 1.18. The van der Waals surface area contributed by atoms with E-state index in [1.807, 2.05) is 20.8 Å². The highest BCUT2D eigenvalue weighted by Crippen LogP contribution is 2.56. The van der Waals surface area contributed by atoms with Crippen molar-refractivity contribution in [2.24, 2.45) is 5.41 Å². The summed E-state index contributed by atoms with van der Waals surface area (Å²) in [5.41, 5.74) is 1.09. The Morgan fingerprint density at radius 1 is 1.14 bits per heavy atom. The maximum atomic E-state index is 12.3. The number of thiol groups is 1. The molecule has 0 spiro atoms. The lowest BCUT2D eigenvalue weighted by Crippen LogP contribution is -2.49. The molecule has 1 fully saturated rings. The molecule has 21 heavy (non-hydrogen) atoms. The van der Waals surface area contributed by atoms with Gasteiger partial charge in [-0.2, -0.15) is 12.6 Å². The van der Waals surface area contributed by atoms with E-state index >= 15 is 0 Å². The fraction of sp³-hybridized carbons (Fsp3) is 0.800. The van der Waals surface area contributed by atoms with Gasteiger partial charge in [-0.1, -0.05) is 5.57 Å². The Hall–Kier alpha value is -0.143. The molecule has 0 aromatic rings. The Morgan fingerprint density at radius 2 is 1.71 bits per heavy atom. The van der Waals surface area contributed by atoms with Crippen molar-refractivity contribution >= 4 is 27.2 Å². The van der Waals surface area contributed by atoms with Crippen molar-refractivity contribution < 1.29 is 18.1 Å². The molecule has 2 rings (SSSR count). The van der Waals surface area contributed by atoms with E-state index in [2.05, 4.69) is 12.6 Å². The van der Waals surface area contributed by atoms with Crippen LogP contribution in [0.1, 0.15) is 46.5 Å². The van der Waals surface area contributed by atoms with E-state index in [9.17, 15) is 4.79 Å². The quantitative estimate of drug-likeness (QED) is 0.521. The minimum absolute atomic E-state index is 0.253. The highest BCUT2D eigenvalue weighted by atomic mass is 32.1. The molecule has 0 aromatic carbocycles. The van der Waals surface area contributed by atoms with Crippen LogP contribution in [-0.4, -0.2) is 40.2 Å². The predicted octanol–water partition coefficient (Wildman–Crippen LogP) is 2.94. The Morgan fingerprint density at radius 3 is 2.19 bits per heavy atom. The van der Waals surface area contributed by atoms with Crippen LogP contribution in [0.5, 0.6) is 0 Å². The summed E-state index contributed by atoms with van der Waals surface area (Å²) >= 11 is 4.19. The number of ketones is 1. The third-order valence-corrected chi connectivity index (χ3v) is 8.07. The molecule has 4 nitrogen and oxygen atoms in total. The van der Waals surface area contributed by atoms with Gasteiger partial charge in [0.15, 0.2) is 0 Å². The van der Waals surface area contributed by atoms with Gasteiger partial charge in [0.1, 0.15) is 5.78 Å². The molecular formula is C15H26O4SSi. The molecule has 0 amide bonds. The van der Waals surface area contributed by atoms with Crippen LogP contribution >= 0.6 is 12.6 Å². The first-order valence-electron chi connectivity index (χ1n) is 7.84. The molecule has 0 saturated heterocycles. The molecule has 120 valence electrons. The lowest BCUT2D eigenvalue weighted by Gasteiger charge is -2.34. The molecule has 0 aromatic heterocycles. The molecule has 0 N–H and O–H groups in total. The number of hydrogen-bond acceptors (Lipinski definition) is 5. The largest absolute Gasteiger partial charge is 0.532 e. The zero-order chi connectivity index (χ0) is 15.5. The highest BCUT2D eigenvalue weighted by Gasteiger charge is 2.57. The third kappa shape index (κ3) is 3.01. The molecule has 0 aliphatic heterocycles. The van der Waals surface area contributed by atoms with Crippen molar-refractivity contribution in [1.29, 1.82) is 0 Å². The van der Waals surface area contributed by atoms with Gasteiger partial charge < -0.3 is 13.3 Å². The van der Waals surface area contributed by atoms with Gasteiger partial charge in [-0.05, 0) is 46.5 Å². The van der Waals surface area contributed by atoms with Gasteiger partial charge in [0.05, 0.1) is 0 Å². The molecular weight excluding hydrogens is 304 g/mol. The lowest BCUT2D eigenvalue weighted by atomic mass is 9.81. The average Bonchev–Trinajstić information content (AvgIpc) is 3.07. The van der Waals surface area contributed by atoms with E-state index in [-0.39, 0.29) is 11.2 Å². The number of carbonyl (C=O) groups excluding carboxylic acids is 1. The van der Waals surface area contributed by atoms with Gasteiger partial charge in [0, 0.05) is 36.2 Å². The van der Waals surface area contributed by atoms with Gasteiger partial charge in [-0.3, -0.25) is 4.79 Å². The second-order valence-electron chi connectivity index (χ2n) is 5.65. The topological polar surface area (TPSA) is 44.8 Å². The molecule has 2 bridgehead atoms. The summed E-state index contributed by atoms with van der Waals surface area (Å²) in [6.07, 6.45) is 3.51. The zero-order valence-corrected chi connectivity index (χ0v) is 15.1. The van der Waals surface area contributed by atoms with E-state index in [0.29, 0.717) is 25.6 Å². The molecule has 1 unspecified atom stereocenters. The third-order valence-electron chi connectivity index (χ3n) is 4.51. The summed E-state index contributed by atoms with van der Waals surface area (Å²) in [5.74, 6) is 0.566. The maximum Gasteiger partial charge on any atom is 0.532 e. The normalized spacial score (nSPS) is 25.0. The SMILES string of the molecule is CCO[Si](OCC)(OCC)C1=C2CCC(C(=O)CS)(C2)C1. The molecule has 6 heteroatoms. The number of fused-ring (bicyclic) bond motifs is 2. The smallest absolute Gasteiger partial charge is 0.370 e. The summed E-state index contributed by atoms with van der Waals surface area (Å²) < 4.78 is 18.0. The van der Waals surface area contributed by atoms with Gasteiger partial charge in [-0.15, -0.1) is 0 Å². The molecule has 0 heterocycles. The van der Waals surface area contributed by atoms with Crippen molar-refractivity contribution in [2.75, 3.05) is 25.6 Å². The van der Waals surface area contributed by atoms with E-state index in [0.717, 1.165) is 25.7 Å². The average molecular weight is 331 g/mol. The van der Waals surface area contributed by atoms with Crippen LogP contribution in [0, 0.1) is 5.41 Å². The summed E-state index contributed by atoms with van der Waals surface area (Å²) in [4.78, 5) is 12.3. The second kappa shape index (κ2) is 6.96. The summed E-state index contributed by atoms with van der Waals surface area (Å²) in [6.45, 7) is 7.59. The fourth-order valence-electron chi connectivity index (χ4n) is 3.63. The number of hydrogen-bond donors (Lipinski definition) is 1. The summed E-state index contributed by atoms with van der Waals surface area (Å²) in [7, 11) is -2.82. The van der Waals surface area contributed by atoms with Crippen LogP contribution in [0.25, 0.3) is 0 Å². The van der Waals surface area contributed by atoms with Crippen molar-refractivity contribution in [1.82, 2.24) is 0 Å². The van der Waals surface area contributed by atoms with Gasteiger partial charge in [0.2, 0.25) is 0 Å². The Balaban J connectivity index is 2.32. The maximum absolute atomic E-state index is 12.3. The minimum Gasteiger partial charge on any atom is -0.370 e. The van der Waals surface area contributed by atoms with Crippen LogP contribution in [0.4, 0.5) is 0 Å². The second-order valence-corrected chi connectivity index (χ2v) is 8.55. The monoisotopic (exact) mass is 330 g/mol. The first-order chi connectivity index (χ1) is 10.1. The molecule has 1 saturated carbocycles. The molecule has 0 radical (unpaired) electrons. The van der Waals surface area contributed by atoms with Crippen LogP contribution in [0.3, 0.4) is 0 Å². The Labute approximate surface area is 134 Å². The molecule has 1 atom stereocenters. The number of allylic oxidation sites excluding steroid dienone is 2. The first kappa shape index (κ1) is 17.2. The van der Waals surface area contributed by atoms with Crippen molar-refractivity contribution in [2.45, 2.75) is 46.5 Å². The van der Waals surface area contributed by atoms with Crippen molar-refractivity contribution in [3.05, 3.63) is 10.8 Å². The van der Waals surface area contributed by atoms with Crippen molar-refractivity contribution in [3.8, 4) is 0 Å². The zero-order valence-electron chi connectivity index (χ0n) is 13.2. The van der Waals surface area contributed by atoms with E-state index in [1.54, 1.807) is 0 Å². The van der Waals surface area contributed by atoms with Crippen LogP contribution in [0.2, 0.25) is 0 Å². The Bertz CT molecular complexity index is 420. The van der Waals surface area contributed by atoms with Gasteiger partial charge in [0.25, 0.3) is 0 Å². The Kier molecular flexibility index (Phi) is 5.70. The minimum atomic E-state index is -2.82. The number of rotatable bonds is 9. The highest BCUT2D eigenvalue weighted by molar-refractivity contribution is 7.81. The molecule has 2 aliphatic rings. The fourth-order valence-corrected chi connectivity index (χ4v) is 7.08. The van der Waals surface area contributed by atoms with E-state index < -0.39 is 8.80 Å². The van der Waals surface area contributed by atoms with Gasteiger partial charge in [-0.25, -0.2) is 0 Å². The molecule has 2 aliphatic carbocycles. The standard InChI is InChI=1S/C15H26O4SSi/c1-4-17-21(18-5-2,19-6-3)13-10-15(14(16)11-20)8-7-12(13)9-15/h20H,4-11H2,1-3H3. The van der Waals surface area contributed by atoms with Crippen LogP contribution in [0.15, 0.2) is 10.8 Å². The van der Waals surface area contributed by atoms with Crippen molar-refractivity contribution in [3.63, 3.8) is 0 Å². The first-order valence-corrected chi connectivity index (χ1v) is 10.2. The number of carbonyl (C=O) groups is 1. The van der Waals surface area contributed by atoms with E-state index in [4.69, 9.17) is 13.3 Å². The van der Waals surface area contributed by atoms with Gasteiger partial charge >= 0.3 is 8.80 Å². The van der Waals surface area contributed by atoms with Crippen LogP contribution in [-0.2, 0) is 18.1 Å². The number of Topliss-reactive ketones (excluding diaryl/α,β-unsaturated/α-hetero) is 1. The summed E-state index contributed by atoms with van der Waals surface area (Å²) in [6, 6.07) is 0.